The van der Waals surface area contributed by atoms with Crippen LogP contribution in [0.5, 0.6) is 5.75 Å². The Morgan fingerprint density at radius 3 is 2.52 bits per heavy atom. The molecule has 0 unspecified atom stereocenters. The molecule has 5 nitrogen and oxygen atoms in total. The highest BCUT2D eigenvalue weighted by atomic mass is 16.5. The van der Waals surface area contributed by atoms with Crippen molar-refractivity contribution in [1.29, 1.82) is 0 Å². The van der Waals surface area contributed by atoms with Gasteiger partial charge in [-0.25, -0.2) is 0 Å². The van der Waals surface area contributed by atoms with Crippen molar-refractivity contribution in [3.05, 3.63) is 54.1 Å². The van der Waals surface area contributed by atoms with E-state index in [4.69, 9.17) is 4.74 Å². The van der Waals surface area contributed by atoms with E-state index in [1.165, 1.54) is 18.9 Å². The first-order chi connectivity index (χ1) is 11.0. The number of ether oxygens (including phenoxy) is 1. The van der Waals surface area contributed by atoms with E-state index in [1.807, 2.05) is 37.3 Å². The molecule has 0 atom stereocenters. The SMILES string of the molecule is COc1ccccc1N(CC(=O)Nc1cccc(C)c1)C(C)=O. The number of para-hydroxylation sites is 2. The number of methoxy groups -OCH3 is 1. The minimum atomic E-state index is -0.267. The van der Waals surface area contributed by atoms with Crippen LogP contribution in [-0.4, -0.2) is 25.5 Å². The van der Waals surface area contributed by atoms with E-state index < -0.39 is 0 Å². The number of aryl methyl sites for hydroxylation is 1. The van der Waals surface area contributed by atoms with Gasteiger partial charge < -0.3 is 10.1 Å². The van der Waals surface area contributed by atoms with Gasteiger partial charge in [-0.2, -0.15) is 0 Å². The summed E-state index contributed by atoms with van der Waals surface area (Å²) in [6, 6.07) is 14.6. The maximum atomic E-state index is 12.3. The van der Waals surface area contributed by atoms with Gasteiger partial charge in [-0.05, 0) is 36.8 Å². The topological polar surface area (TPSA) is 58.6 Å². The van der Waals surface area contributed by atoms with Crippen molar-refractivity contribution in [2.75, 3.05) is 23.9 Å². The van der Waals surface area contributed by atoms with Crippen LogP contribution in [0.1, 0.15) is 12.5 Å². The van der Waals surface area contributed by atoms with Gasteiger partial charge in [0, 0.05) is 12.6 Å². The summed E-state index contributed by atoms with van der Waals surface area (Å²) in [4.78, 5) is 25.6. The monoisotopic (exact) mass is 312 g/mol. The second-order valence-corrected chi connectivity index (χ2v) is 5.19. The predicted molar refractivity (Wildman–Crippen MR) is 90.8 cm³/mol. The molecule has 0 aliphatic rings. The summed E-state index contributed by atoms with van der Waals surface area (Å²) in [6.07, 6.45) is 0. The predicted octanol–water partition coefficient (Wildman–Crippen LogP) is 3.00. The molecule has 0 radical (unpaired) electrons. The van der Waals surface area contributed by atoms with E-state index in [2.05, 4.69) is 5.32 Å². The summed E-state index contributed by atoms with van der Waals surface area (Å²) in [7, 11) is 1.53. The molecule has 0 aromatic heterocycles. The van der Waals surface area contributed by atoms with Crippen LogP contribution in [0.15, 0.2) is 48.5 Å². The quantitative estimate of drug-likeness (QED) is 0.923. The van der Waals surface area contributed by atoms with Gasteiger partial charge in [-0.1, -0.05) is 24.3 Å². The first-order valence-corrected chi connectivity index (χ1v) is 7.29. The molecule has 2 amide bonds. The maximum absolute atomic E-state index is 12.3. The molecular weight excluding hydrogens is 292 g/mol. The summed E-state index contributed by atoms with van der Waals surface area (Å²) in [5.41, 5.74) is 2.33. The highest BCUT2D eigenvalue weighted by molar-refractivity contribution is 6.02. The van der Waals surface area contributed by atoms with Crippen molar-refractivity contribution in [1.82, 2.24) is 0 Å². The molecule has 23 heavy (non-hydrogen) atoms. The Hall–Kier alpha value is -2.82. The van der Waals surface area contributed by atoms with Crippen molar-refractivity contribution >= 4 is 23.2 Å². The zero-order chi connectivity index (χ0) is 16.8. The third-order valence-electron chi connectivity index (χ3n) is 3.36. The number of nitrogens with zero attached hydrogens (tertiary/aromatic N) is 1. The standard InChI is InChI=1S/C18H20N2O3/c1-13-7-6-8-15(11-13)19-18(22)12-20(14(2)21)16-9-4-5-10-17(16)23-3/h4-11H,12H2,1-3H3,(H,19,22). The highest BCUT2D eigenvalue weighted by Gasteiger charge is 2.19. The number of nitrogens with one attached hydrogen (secondary N) is 1. The fourth-order valence-corrected chi connectivity index (χ4v) is 2.29. The van der Waals surface area contributed by atoms with Crippen LogP contribution in [0, 0.1) is 6.92 Å². The van der Waals surface area contributed by atoms with Crippen molar-refractivity contribution in [2.45, 2.75) is 13.8 Å². The molecule has 0 spiro atoms. The van der Waals surface area contributed by atoms with Crippen LogP contribution in [0.25, 0.3) is 0 Å². The molecule has 0 aliphatic carbocycles. The van der Waals surface area contributed by atoms with E-state index in [0.29, 0.717) is 17.1 Å². The van der Waals surface area contributed by atoms with Crippen molar-refractivity contribution in [3.8, 4) is 5.75 Å². The van der Waals surface area contributed by atoms with E-state index >= 15 is 0 Å². The summed E-state index contributed by atoms with van der Waals surface area (Å²) in [5.74, 6) is 0.0525. The average Bonchev–Trinajstić information content (AvgIpc) is 2.52. The van der Waals surface area contributed by atoms with Crippen LogP contribution in [0.2, 0.25) is 0 Å². The van der Waals surface area contributed by atoms with E-state index in [0.717, 1.165) is 5.56 Å². The number of anilines is 2. The second kappa shape index (κ2) is 7.45. The number of rotatable bonds is 5. The third-order valence-corrected chi connectivity index (χ3v) is 3.36. The van der Waals surface area contributed by atoms with Gasteiger partial charge in [0.1, 0.15) is 12.3 Å². The molecule has 120 valence electrons. The minimum Gasteiger partial charge on any atom is -0.495 e. The van der Waals surface area contributed by atoms with E-state index in [9.17, 15) is 9.59 Å². The van der Waals surface area contributed by atoms with Crippen molar-refractivity contribution < 1.29 is 14.3 Å². The number of carbonyl (C=O) groups excluding carboxylic acids is 2. The molecule has 2 rings (SSSR count). The van der Waals surface area contributed by atoms with Crippen molar-refractivity contribution in [3.63, 3.8) is 0 Å². The van der Waals surface area contributed by atoms with Gasteiger partial charge in [-0.3, -0.25) is 14.5 Å². The summed E-state index contributed by atoms with van der Waals surface area (Å²) in [5, 5.41) is 2.80. The number of hydrogen-bond donors (Lipinski definition) is 1. The van der Waals surface area contributed by atoms with Crippen LogP contribution in [0.4, 0.5) is 11.4 Å². The molecular formula is C18H20N2O3. The van der Waals surface area contributed by atoms with Crippen LogP contribution in [-0.2, 0) is 9.59 Å². The summed E-state index contributed by atoms with van der Waals surface area (Å²) < 4.78 is 5.27. The first-order valence-electron chi connectivity index (χ1n) is 7.29. The lowest BCUT2D eigenvalue weighted by molar-refractivity contribution is -0.120. The van der Waals surface area contributed by atoms with Crippen LogP contribution in [0.3, 0.4) is 0 Å². The molecule has 5 heteroatoms. The molecule has 0 heterocycles. The Morgan fingerprint density at radius 1 is 1.13 bits per heavy atom. The average molecular weight is 312 g/mol. The Balaban J connectivity index is 2.16. The number of hydrogen-bond acceptors (Lipinski definition) is 3. The molecule has 2 aromatic rings. The minimum absolute atomic E-state index is 0.0797. The van der Waals surface area contributed by atoms with Crippen molar-refractivity contribution in [2.24, 2.45) is 0 Å². The summed E-state index contributed by atoms with van der Waals surface area (Å²) >= 11 is 0. The Labute approximate surface area is 135 Å². The summed E-state index contributed by atoms with van der Waals surface area (Å²) in [6.45, 7) is 3.29. The van der Waals surface area contributed by atoms with Gasteiger partial charge in [0.2, 0.25) is 11.8 Å². The molecule has 0 aliphatic heterocycles. The van der Waals surface area contributed by atoms with E-state index in [-0.39, 0.29) is 18.4 Å². The number of benzene rings is 2. The largest absolute Gasteiger partial charge is 0.495 e. The fraction of sp³-hybridized carbons (Fsp3) is 0.222. The zero-order valence-corrected chi connectivity index (χ0v) is 13.5. The van der Waals surface area contributed by atoms with Crippen LogP contribution >= 0.6 is 0 Å². The maximum Gasteiger partial charge on any atom is 0.244 e. The molecule has 2 aromatic carbocycles. The van der Waals surface area contributed by atoms with Gasteiger partial charge in [0.05, 0.1) is 12.8 Å². The zero-order valence-electron chi connectivity index (χ0n) is 13.5. The Bertz CT molecular complexity index is 713. The highest BCUT2D eigenvalue weighted by Crippen LogP contribution is 2.27. The second-order valence-electron chi connectivity index (χ2n) is 5.19. The molecule has 0 saturated heterocycles. The lowest BCUT2D eigenvalue weighted by Gasteiger charge is -2.22. The molecule has 0 bridgehead atoms. The molecule has 0 saturated carbocycles. The first kappa shape index (κ1) is 16.5. The van der Waals surface area contributed by atoms with Gasteiger partial charge >= 0.3 is 0 Å². The van der Waals surface area contributed by atoms with Crippen LogP contribution < -0.4 is 15.0 Å². The number of amides is 2. The molecule has 1 N–H and O–H groups in total. The van der Waals surface area contributed by atoms with E-state index in [1.54, 1.807) is 18.2 Å². The lowest BCUT2D eigenvalue weighted by atomic mass is 10.2. The van der Waals surface area contributed by atoms with Gasteiger partial charge in [0.15, 0.2) is 0 Å². The third kappa shape index (κ3) is 4.32. The Kier molecular flexibility index (Phi) is 5.36. The van der Waals surface area contributed by atoms with Gasteiger partial charge in [0.25, 0.3) is 0 Å². The lowest BCUT2D eigenvalue weighted by Crippen LogP contribution is -2.36. The molecule has 0 fully saturated rings. The van der Waals surface area contributed by atoms with Gasteiger partial charge in [-0.15, -0.1) is 0 Å². The fourth-order valence-electron chi connectivity index (χ4n) is 2.29. The smallest absolute Gasteiger partial charge is 0.244 e. The normalized spacial score (nSPS) is 10.0. The number of carbonyl (C=O) groups is 2. The Morgan fingerprint density at radius 2 is 1.87 bits per heavy atom.